The predicted molar refractivity (Wildman–Crippen MR) is 46.5 cm³/mol. The summed E-state index contributed by atoms with van der Waals surface area (Å²) in [5.74, 6) is -0.472. The zero-order chi connectivity index (χ0) is 9.56. The largest absolute Gasteiger partial charge is 0.356 e. The summed E-state index contributed by atoms with van der Waals surface area (Å²) in [5, 5.41) is 4.99. The molecule has 12 heavy (non-hydrogen) atoms. The lowest BCUT2D eigenvalue weighted by molar-refractivity contribution is -0.119. The third-order valence-electron chi connectivity index (χ3n) is 1.29. The molecule has 4 nitrogen and oxygen atoms in total. The van der Waals surface area contributed by atoms with Gasteiger partial charge in [-0.15, -0.1) is 0 Å². The Morgan fingerprint density at radius 1 is 1.42 bits per heavy atom. The van der Waals surface area contributed by atoms with Gasteiger partial charge in [-0.05, 0) is 13.8 Å². The molecule has 0 aromatic heterocycles. The smallest absolute Gasteiger partial charge is 0.247 e. The minimum atomic E-state index is -0.265. The second-order valence-corrected chi connectivity index (χ2v) is 2.30. The highest BCUT2D eigenvalue weighted by Gasteiger charge is 2.03. The van der Waals surface area contributed by atoms with Crippen LogP contribution in [0.2, 0.25) is 0 Å². The van der Waals surface area contributed by atoms with Crippen LogP contribution in [0.5, 0.6) is 0 Å². The van der Waals surface area contributed by atoms with E-state index in [1.807, 2.05) is 6.92 Å². The summed E-state index contributed by atoms with van der Waals surface area (Å²) in [7, 11) is 1.52. The van der Waals surface area contributed by atoms with Crippen molar-refractivity contribution in [2.24, 2.45) is 0 Å². The zero-order valence-electron chi connectivity index (χ0n) is 7.60. The first-order chi connectivity index (χ1) is 5.61. The van der Waals surface area contributed by atoms with Gasteiger partial charge in [-0.3, -0.25) is 9.59 Å². The van der Waals surface area contributed by atoms with E-state index in [0.717, 1.165) is 0 Å². The molecule has 0 spiro atoms. The van der Waals surface area contributed by atoms with E-state index in [-0.39, 0.29) is 11.8 Å². The number of carbonyl (C=O) groups is 2. The van der Waals surface area contributed by atoms with Gasteiger partial charge in [0.25, 0.3) is 0 Å². The maximum Gasteiger partial charge on any atom is 0.247 e. The maximum absolute atomic E-state index is 11.0. The molecule has 0 fully saturated rings. The maximum atomic E-state index is 11.0. The molecule has 0 unspecified atom stereocenters. The summed E-state index contributed by atoms with van der Waals surface area (Å²) in [6.45, 7) is 3.99. The highest BCUT2D eigenvalue weighted by Crippen LogP contribution is 1.90. The molecular weight excluding hydrogens is 156 g/mol. The lowest BCUT2D eigenvalue weighted by atomic mass is 10.2. The van der Waals surface area contributed by atoms with Gasteiger partial charge >= 0.3 is 0 Å². The average molecular weight is 170 g/mol. The molecule has 4 heteroatoms. The van der Waals surface area contributed by atoms with E-state index in [9.17, 15) is 9.59 Å². The summed E-state index contributed by atoms with van der Waals surface area (Å²) in [4.78, 5) is 21.8. The van der Waals surface area contributed by atoms with Gasteiger partial charge in [0, 0.05) is 25.2 Å². The van der Waals surface area contributed by atoms with Gasteiger partial charge in [0.1, 0.15) is 0 Å². The van der Waals surface area contributed by atoms with Gasteiger partial charge in [0.15, 0.2) is 0 Å². The average Bonchev–Trinajstić information content (AvgIpc) is 2.04. The van der Waals surface area contributed by atoms with Crippen LogP contribution in [-0.2, 0) is 9.59 Å². The van der Waals surface area contributed by atoms with Crippen molar-refractivity contribution in [1.82, 2.24) is 10.6 Å². The SMILES string of the molecule is CCNC(=O)/C(C)=C/C(=O)NC. The van der Waals surface area contributed by atoms with Crippen molar-refractivity contribution in [3.8, 4) is 0 Å². The minimum Gasteiger partial charge on any atom is -0.356 e. The number of nitrogens with one attached hydrogen (secondary N) is 2. The molecule has 0 heterocycles. The molecule has 2 amide bonds. The molecule has 0 aliphatic carbocycles. The monoisotopic (exact) mass is 170 g/mol. The fourth-order valence-corrected chi connectivity index (χ4v) is 0.634. The van der Waals surface area contributed by atoms with Crippen LogP contribution >= 0.6 is 0 Å². The number of rotatable bonds is 3. The van der Waals surface area contributed by atoms with Crippen LogP contribution in [0.1, 0.15) is 13.8 Å². The van der Waals surface area contributed by atoms with Gasteiger partial charge in [-0.25, -0.2) is 0 Å². The van der Waals surface area contributed by atoms with Gasteiger partial charge in [-0.2, -0.15) is 0 Å². The van der Waals surface area contributed by atoms with E-state index in [4.69, 9.17) is 0 Å². The molecule has 0 radical (unpaired) electrons. The first-order valence-electron chi connectivity index (χ1n) is 3.80. The molecule has 0 aliphatic heterocycles. The van der Waals surface area contributed by atoms with Crippen molar-refractivity contribution in [3.63, 3.8) is 0 Å². The molecule has 0 saturated heterocycles. The van der Waals surface area contributed by atoms with Crippen LogP contribution in [-0.4, -0.2) is 25.4 Å². The summed E-state index contributed by atoms with van der Waals surface area (Å²) in [6, 6.07) is 0. The van der Waals surface area contributed by atoms with Gasteiger partial charge < -0.3 is 10.6 Å². The summed E-state index contributed by atoms with van der Waals surface area (Å²) in [5.41, 5.74) is 0.413. The summed E-state index contributed by atoms with van der Waals surface area (Å²) in [6.07, 6.45) is 1.27. The third-order valence-corrected chi connectivity index (χ3v) is 1.29. The van der Waals surface area contributed by atoms with E-state index in [1.54, 1.807) is 6.92 Å². The number of hydrogen-bond acceptors (Lipinski definition) is 2. The van der Waals surface area contributed by atoms with E-state index >= 15 is 0 Å². The first-order valence-corrected chi connectivity index (χ1v) is 3.80. The molecule has 68 valence electrons. The molecule has 0 saturated carbocycles. The van der Waals surface area contributed by atoms with E-state index < -0.39 is 0 Å². The predicted octanol–water partition coefficient (Wildman–Crippen LogP) is -0.185. The molecule has 0 aromatic carbocycles. The Bertz CT molecular complexity index is 209. The second kappa shape index (κ2) is 5.35. The molecule has 2 N–H and O–H groups in total. The topological polar surface area (TPSA) is 58.2 Å². The van der Waals surface area contributed by atoms with Crippen LogP contribution in [0.3, 0.4) is 0 Å². The Balaban J connectivity index is 4.17. The highest BCUT2D eigenvalue weighted by molar-refractivity contribution is 6.00. The molecule has 0 aliphatic rings. The minimum absolute atomic E-state index is 0.207. The molecule has 0 rings (SSSR count). The van der Waals surface area contributed by atoms with Crippen LogP contribution in [0.25, 0.3) is 0 Å². The van der Waals surface area contributed by atoms with Crippen LogP contribution < -0.4 is 10.6 Å². The lowest BCUT2D eigenvalue weighted by Gasteiger charge is -2.00. The van der Waals surface area contributed by atoms with E-state index in [1.165, 1.54) is 13.1 Å². The Morgan fingerprint density at radius 2 is 2.00 bits per heavy atom. The summed E-state index contributed by atoms with van der Waals surface area (Å²) >= 11 is 0. The summed E-state index contributed by atoms with van der Waals surface area (Å²) < 4.78 is 0. The number of likely N-dealkylation sites (N-methyl/N-ethyl adjacent to an activating group) is 2. The van der Waals surface area contributed by atoms with Crippen LogP contribution in [0.4, 0.5) is 0 Å². The van der Waals surface area contributed by atoms with Crippen LogP contribution in [0.15, 0.2) is 11.6 Å². The van der Waals surface area contributed by atoms with Crippen molar-refractivity contribution >= 4 is 11.8 Å². The Labute approximate surface area is 72.0 Å². The fourth-order valence-electron chi connectivity index (χ4n) is 0.634. The Kier molecular flexibility index (Phi) is 4.76. The van der Waals surface area contributed by atoms with Crippen LogP contribution in [0, 0.1) is 0 Å². The van der Waals surface area contributed by atoms with E-state index in [0.29, 0.717) is 12.1 Å². The standard InChI is InChI=1S/C8H14N2O2/c1-4-10-8(12)6(2)5-7(11)9-3/h5H,4H2,1-3H3,(H,9,11)(H,10,12)/b6-5+. The zero-order valence-corrected chi connectivity index (χ0v) is 7.60. The molecule has 0 atom stereocenters. The fraction of sp³-hybridized carbons (Fsp3) is 0.500. The number of amides is 2. The quantitative estimate of drug-likeness (QED) is 0.577. The molecule has 0 bridgehead atoms. The number of carbonyl (C=O) groups excluding carboxylic acids is 2. The molecule has 0 aromatic rings. The second-order valence-electron chi connectivity index (χ2n) is 2.30. The Morgan fingerprint density at radius 3 is 2.42 bits per heavy atom. The van der Waals surface area contributed by atoms with Crippen molar-refractivity contribution in [1.29, 1.82) is 0 Å². The van der Waals surface area contributed by atoms with Crippen molar-refractivity contribution in [2.75, 3.05) is 13.6 Å². The lowest BCUT2D eigenvalue weighted by Crippen LogP contribution is -2.25. The molecular formula is C8H14N2O2. The Hall–Kier alpha value is -1.32. The van der Waals surface area contributed by atoms with Crippen molar-refractivity contribution in [2.45, 2.75) is 13.8 Å². The number of hydrogen-bond donors (Lipinski definition) is 2. The third kappa shape index (κ3) is 3.75. The highest BCUT2D eigenvalue weighted by atomic mass is 16.2. The first kappa shape index (κ1) is 10.7. The van der Waals surface area contributed by atoms with Gasteiger partial charge in [0.05, 0.1) is 0 Å². The van der Waals surface area contributed by atoms with E-state index in [2.05, 4.69) is 10.6 Å². The van der Waals surface area contributed by atoms with Crippen molar-refractivity contribution < 1.29 is 9.59 Å². The van der Waals surface area contributed by atoms with Gasteiger partial charge in [-0.1, -0.05) is 0 Å². The van der Waals surface area contributed by atoms with Crippen molar-refractivity contribution in [3.05, 3.63) is 11.6 Å². The van der Waals surface area contributed by atoms with Gasteiger partial charge in [0.2, 0.25) is 11.8 Å². The normalized spacial score (nSPS) is 10.8.